The maximum atomic E-state index is 11.9. The average molecular weight is 353 g/mol. The summed E-state index contributed by atoms with van der Waals surface area (Å²) in [5, 5.41) is 17.3. The highest BCUT2D eigenvalue weighted by atomic mass is 16.6. The molecular weight excluding hydrogens is 322 g/mol. The van der Waals surface area contributed by atoms with Crippen LogP contribution in [0, 0.1) is 6.92 Å². The van der Waals surface area contributed by atoms with Crippen LogP contribution in [-0.2, 0) is 18.3 Å². The average Bonchev–Trinajstić information content (AvgIpc) is 2.76. The van der Waals surface area contributed by atoms with Gasteiger partial charge in [-0.15, -0.1) is 10.2 Å². The Morgan fingerprint density at radius 2 is 1.84 bits per heavy atom. The zero-order valence-corrected chi connectivity index (χ0v) is 16.5. The summed E-state index contributed by atoms with van der Waals surface area (Å²) in [6.45, 7) is 12.2. The molecule has 0 aliphatic carbocycles. The number of aromatic nitrogens is 3. The minimum Gasteiger partial charge on any atom is -0.444 e. The molecule has 0 atom stereocenters. The molecule has 1 heterocycles. The second-order valence-corrected chi connectivity index (χ2v) is 7.51. The summed E-state index contributed by atoms with van der Waals surface area (Å²) in [5.41, 5.74) is -1.04. The van der Waals surface area contributed by atoms with Gasteiger partial charge in [-0.1, -0.05) is 0 Å². The molecule has 9 nitrogen and oxygen atoms in total. The van der Waals surface area contributed by atoms with Gasteiger partial charge in [0.15, 0.2) is 11.8 Å². The lowest BCUT2D eigenvalue weighted by Gasteiger charge is -2.29. The van der Waals surface area contributed by atoms with Crippen molar-refractivity contribution in [2.75, 3.05) is 13.6 Å². The Morgan fingerprint density at radius 3 is 2.32 bits per heavy atom. The largest absolute Gasteiger partial charge is 0.444 e. The van der Waals surface area contributed by atoms with Crippen LogP contribution in [0.15, 0.2) is 4.99 Å². The van der Waals surface area contributed by atoms with Crippen molar-refractivity contribution in [3.8, 4) is 0 Å². The number of nitrogens with one attached hydrogen (secondary N) is 3. The van der Waals surface area contributed by atoms with Crippen LogP contribution in [0.1, 0.15) is 46.3 Å². The number of carbonyl (C=O) groups is 1. The number of hydrogen-bond acceptors (Lipinski definition) is 5. The van der Waals surface area contributed by atoms with Gasteiger partial charge in [0.2, 0.25) is 0 Å². The first-order valence-electron chi connectivity index (χ1n) is 8.24. The molecule has 142 valence electrons. The summed E-state index contributed by atoms with van der Waals surface area (Å²) >= 11 is 0. The van der Waals surface area contributed by atoms with Crippen molar-refractivity contribution in [2.24, 2.45) is 12.0 Å². The lowest BCUT2D eigenvalue weighted by molar-refractivity contribution is 0.0474. The van der Waals surface area contributed by atoms with Gasteiger partial charge in [-0.05, 0) is 41.5 Å². The first-order chi connectivity index (χ1) is 11.4. The highest BCUT2D eigenvalue weighted by Crippen LogP contribution is 2.09. The van der Waals surface area contributed by atoms with E-state index in [1.54, 1.807) is 7.05 Å². The van der Waals surface area contributed by atoms with Crippen molar-refractivity contribution in [3.63, 3.8) is 0 Å². The Labute approximate surface area is 149 Å². The number of aryl methyl sites for hydroxylation is 1. The van der Waals surface area contributed by atoms with E-state index in [0.29, 0.717) is 19.0 Å². The topological polar surface area (TPSA) is 105 Å². The Balaban J connectivity index is 2.50. The molecule has 0 aliphatic rings. The first kappa shape index (κ1) is 20.7. The van der Waals surface area contributed by atoms with Gasteiger partial charge >= 0.3 is 6.09 Å². The summed E-state index contributed by atoms with van der Waals surface area (Å²) in [5.74, 6) is 2.27. The molecule has 0 aliphatic heterocycles. The van der Waals surface area contributed by atoms with Crippen LogP contribution in [0.5, 0.6) is 0 Å². The molecule has 0 unspecified atom stereocenters. The van der Waals surface area contributed by atoms with E-state index in [2.05, 4.69) is 31.1 Å². The fourth-order valence-electron chi connectivity index (χ4n) is 1.92. The number of guanidine groups is 1. The molecule has 1 rings (SSSR count). The van der Waals surface area contributed by atoms with Crippen LogP contribution in [0.3, 0.4) is 0 Å². The number of carbonyl (C=O) groups excluding carboxylic acids is 1. The Hall–Kier alpha value is -2.32. The molecule has 1 aromatic rings. The molecule has 1 aromatic heterocycles. The van der Waals surface area contributed by atoms with E-state index in [1.165, 1.54) is 0 Å². The van der Waals surface area contributed by atoms with Crippen molar-refractivity contribution >= 4 is 12.1 Å². The molecule has 0 bridgehead atoms. The second-order valence-electron chi connectivity index (χ2n) is 7.51. The van der Waals surface area contributed by atoms with Crippen molar-refractivity contribution in [3.05, 3.63) is 11.6 Å². The van der Waals surface area contributed by atoms with Crippen molar-refractivity contribution < 1.29 is 9.53 Å². The number of amides is 1. The molecule has 0 radical (unpaired) electrons. The van der Waals surface area contributed by atoms with Crippen LogP contribution < -0.4 is 16.0 Å². The van der Waals surface area contributed by atoms with Crippen LogP contribution in [0.2, 0.25) is 0 Å². The fourth-order valence-corrected chi connectivity index (χ4v) is 1.92. The zero-order valence-electron chi connectivity index (χ0n) is 16.5. The zero-order chi connectivity index (χ0) is 19.3. The Kier molecular flexibility index (Phi) is 6.78. The van der Waals surface area contributed by atoms with E-state index in [0.717, 1.165) is 11.6 Å². The van der Waals surface area contributed by atoms with Gasteiger partial charge in [-0.25, -0.2) is 4.79 Å². The van der Waals surface area contributed by atoms with E-state index in [9.17, 15) is 4.79 Å². The standard InChI is InChI=1S/C16H31N7O2/c1-11-21-22-12(23(11)8)9-18-13(17-7)19-10-16(5,6)20-14(24)25-15(2,3)4/h9-10H2,1-8H3,(H,20,24)(H2,17,18,19). The lowest BCUT2D eigenvalue weighted by atomic mass is 10.1. The predicted octanol–water partition coefficient (Wildman–Crippen LogP) is 1.09. The summed E-state index contributed by atoms with van der Waals surface area (Å²) in [6, 6.07) is 0. The summed E-state index contributed by atoms with van der Waals surface area (Å²) < 4.78 is 7.20. The maximum Gasteiger partial charge on any atom is 0.408 e. The molecule has 9 heteroatoms. The van der Waals surface area contributed by atoms with E-state index in [1.807, 2.05) is 53.2 Å². The van der Waals surface area contributed by atoms with Gasteiger partial charge in [-0.3, -0.25) is 4.99 Å². The monoisotopic (exact) mass is 353 g/mol. The highest BCUT2D eigenvalue weighted by molar-refractivity contribution is 5.79. The number of rotatable bonds is 5. The van der Waals surface area contributed by atoms with Crippen LogP contribution in [0.25, 0.3) is 0 Å². The summed E-state index contributed by atoms with van der Waals surface area (Å²) in [7, 11) is 3.60. The lowest BCUT2D eigenvalue weighted by Crippen LogP contribution is -2.54. The number of hydrogen-bond donors (Lipinski definition) is 3. The van der Waals surface area contributed by atoms with E-state index in [-0.39, 0.29) is 0 Å². The van der Waals surface area contributed by atoms with Crippen LogP contribution in [-0.4, -0.2) is 51.5 Å². The quantitative estimate of drug-likeness (QED) is 0.541. The third kappa shape index (κ3) is 7.40. The summed E-state index contributed by atoms with van der Waals surface area (Å²) in [4.78, 5) is 16.1. The number of aliphatic imine (C=N–C) groups is 1. The minimum atomic E-state index is -0.528. The van der Waals surface area contributed by atoms with Gasteiger partial charge in [0, 0.05) is 20.6 Å². The molecule has 25 heavy (non-hydrogen) atoms. The highest BCUT2D eigenvalue weighted by Gasteiger charge is 2.24. The molecule has 0 spiro atoms. The Bertz CT molecular complexity index is 614. The molecule has 0 saturated heterocycles. The molecule has 3 N–H and O–H groups in total. The molecule has 1 amide bonds. The van der Waals surface area contributed by atoms with E-state index >= 15 is 0 Å². The molecule has 0 saturated carbocycles. The second kappa shape index (κ2) is 8.17. The van der Waals surface area contributed by atoms with Gasteiger partial charge < -0.3 is 25.3 Å². The van der Waals surface area contributed by atoms with Crippen LogP contribution in [0.4, 0.5) is 4.79 Å². The van der Waals surface area contributed by atoms with E-state index < -0.39 is 17.2 Å². The first-order valence-corrected chi connectivity index (χ1v) is 8.24. The Morgan fingerprint density at radius 1 is 1.20 bits per heavy atom. The van der Waals surface area contributed by atoms with Gasteiger partial charge in [0.25, 0.3) is 0 Å². The molecule has 0 fully saturated rings. The number of ether oxygens (including phenoxy) is 1. The number of nitrogens with zero attached hydrogens (tertiary/aromatic N) is 4. The normalized spacial score (nSPS) is 12.7. The van der Waals surface area contributed by atoms with Gasteiger partial charge in [0.05, 0.1) is 12.1 Å². The third-order valence-electron chi connectivity index (χ3n) is 3.36. The van der Waals surface area contributed by atoms with Crippen molar-refractivity contribution in [1.82, 2.24) is 30.7 Å². The van der Waals surface area contributed by atoms with Crippen molar-refractivity contribution in [2.45, 2.75) is 59.2 Å². The van der Waals surface area contributed by atoms with Crippen LogP contribution >= 0.6 is 0 Å². The SMILES string of the molecule is CN=C(NCc1nnc(C)n1C)NCC(C)(C)NC(=O)OC(C)(C)C. The maximum absolute atomic E-state index is 11.9. The van der Waals surface area contributed by atoms with Crippen molar-refractivity contribution in [1.29, 1.82) is 0 Å². The predicted molar refractivity (Wildman–Crippen MR) is 97.4 cm³/mol. The van der Waals surface area contributed by atoms with Gasteiger partial charge in [0.1, 0.15) is 11.4 Å². The van der Waals surface area contributed by atoms with E-state index in [4.69, 9.17) is 4.74 Å². The summed E-state index contributed by atoms with van der Waals surface area (Å²) in [6.07, 6.45) is -0.447. The third-order valence-corrected chi connectivity index (χ3v) is 3.36. The number of alkyl carbamates (subject to hydrolysis) is 1. The minimum absolute atomic E-state index is 0.447. The fraction of sp³-hybridized carbons (Fsp3) is 0.750. The molecule has 0 aromatic carbocycles. The smallest absolute Gasteiger partial charge is 0.408 e. The van der Waals surface area contributed by atoms with Gasteiger partial charge in [-0.2, -0.15) is 0 Å². The molecular formula is C16H31N7O2.